The fraction of sp³-hybridized carbons (Fsp3) is 0.0952. The van der Waals surface area contributed by atoms with Gasteiger partial charge in [-0.15, -0.1) is 0 Å². The average molecular weight is 357 g/mol. The van der Waals surface area contributed by atoms with Gasteiger partial charge in [-0.05, 0) is 35.4 Å². The summed E-state index contributed by atoms with van der Waals surface area (Å²) in [6.45, 7) is 1.28. The lowest BCUT2D eigenvalue weighted by Gasteiger charge is -2.08. The average Bonchev–Trinajstić information content (AvgIpc) is 3.42. The Kier molecular flexibility index (Phi) is 4.78. The van der Waals surface area contributed by atoms with Crippen LogP contribution < -0.4 is 5.32 Å². The molecular weight excluding hydrogens is 338 g/mol. The van der Waals surface area contributed by atoms with E-state index in [-0.39, 0.29) is 5.91 Å². The Balaban J connectivity index is 1.33. The zero-order valence-corrected chi connectivity index (χ0v) is 14.7. The zero-order valence-electron chi connectivity index (χ0n) is 14.7. The molecule has 0 fully saturated rings. The predicted molar refractivity (Wildman–Crippen MR) is 103 cm³/mol. The topological polar surface area (TPSA) is 64.7 Å². The molecule has 4 rings (SSSR count). The summed E-state index contributed by atoms with van der Waals surface area (Å²) in [5.74, 6) is -0.0883. The summed E-state index contributed by atoms with van der Waals surface area (Å²) in [5, 5.41) is 2.96. The van der Waals surface area contributed by atoms with Crippen LogP contribution in [0.3, 0.4) is 0 Å². The van der Waals surface area contributed by atoms with Crippen LogP contribution >= 0.6 is 0 Å². The van der Waals surface area contributed by atoms with E-state index >= 15 is 0 Å². The third-order valence-electron chi connectivity index (χ3n) is 4.33. The summed E-state index contributed by atoms with van der Waals surface area (Å²) >= 11 is 0. The fourth-order valence-corrected chi connectivity index (χ4v) is 2.83. The van der Waals surface area contributed by atoms with Crippen LogP contribution in [0.2, 0.25) is 0 Å². The van der Waals surface area contributed by atoms with Gasteiger partial charge in [-0.2, -0.15) is 0 Å². The first kappa shape index (κ1) is 16.8. The van der Waals surface area contributed by atoms with E-state index in [4.69, 9.17) is 0 Å². The molecule has 2 aromatic heterocycles. The standard InChI is InChI=1S/C21H19N5O/c27-21(19-5-7-20(8-6-19)26-12-10-23-16-26)24-13-17-1-3-18(4-2-17)14-25-11-9-22-15-25/h1-12,15-16H,13-14H2,(H,24,27). The molecule has 2 heterocycles. The Hall–Kier alpha value is -3.67. The summed E-state index contributed by atoms with van der Waals surface area (Å²) in [6, 6.07) is 15.7. The molecule has 0 bridgehead atoms. The van der Waals surface area contributed by atoms with Gasteiger partial charge in [0.15, 0.2) is 0 Å². The van der Waals surface area contributed by atoms with E-state index < -0.39 is 0 Å². The quantitative estimate of drug-likeness (QED) is 0.577. The van der Waals surface area contributed by atoms with Crippen molar-refractivity contribution in [1.29, 1.82) is 0 Å². The maximum absolute atomic E-state index is 12.4. The minimum atomic E-state index is -0.0883. The number of carbonyl (C=O) groups is 1. The first-order valence-electron chi connectivity index (χ1n) is 8.68. The van der Waals surface area contributed by atoms with Crippen molar-refractivity contribution in [3.05, 3.63) is 103 Å². The van der Waals surface area contributed by atoms with Gasteiger partial charge in [-0.1, -0.05) is 24.3 Å². The molecule has 27 heavy (non-hydrogen) atoms. The van der Waals surface area contributed by atoms with Gasteiger partial charge >= 0.3 is 0 Å². The molecule has 0 saturated carbocycles. The molecule has 0 aliphatic rings. The number of rotatable bonds is 6. The van der Waals surface area contributed by atoms with E-state index in [1.165, 1.54) is 5.56 Å². The highest BCUT2D eigenvalue weighted by Gasteiger charge is 2.06. The van der Waals surface area contributed by atoms with Crippen molar-refractivity contribution in [2.75, 3.05) is 0 Å². The summed E-state index contributed by atoms with van der Waals surface area (Å²) in [6.07, 6.45) is 10.8. The first-order chi connectivity index (χ1) is 13.3. The minimum Gasteiger partial charge on any atom is -0.348 e. The van der Waals surface area contributed by atoms with Crippen molar-refractivity contribution in [2.45, 2.75) is 13.1 Å². The number of imidazole rings is 2. The Morgan fingerprint density at radius 3 is 2.22 bits per heavy atom. The Labute approximate surface area is 157 Å². The van der Waals surface area contributed by atoms with Crippen LogP contribution in [-0.4, -0.2) is 25.0 Å². The summed E-state index contributed by atoms with van der Waals surface area (Å²) < 4.78 is 3.91. The van der Waals surface area contributed by atoms with Crippen molar-refractivity contribution in [3.63, 3.8) is 0 Å². The highest BCUT2D eigenvalue weighted by molar-refractivity contribution is 5.94. The van der Waals surface area contributed by atoms with Crippen molar-refractivity contribution < 1.29 is 4.79 Å². The lowest BCUT2D eigenvalue weighted by molar-refractivity contribution is 0.0951. The molecule has 0 unspecified atom stereocenters. The number of nitrogens with one attached hydrogen (secondary N) is 1. The molecule has 0 spiro atoms. The second-order valence-electron chi connectivity index (χ2n) is 6.25. The van der Waals surface area contributed by atoms with Crippen molar-refractivity contribution in [3.8, 4) is 5.69 Å². The number of hydrogen-bond donors (Lipinski definition) is 1. The monoisotopic (exact) mass is 357 g/mol. The summed E-state index contributed by atoms with van der Waals surface area (Å²) in [7, 11) is 0. The molecule has 4 aromatic rings. The minimum absolute atomic E-state index is 0.0883. The maximum Gasteiger partial charge on any atom is 0.251 e. The molecule has 0 radical (unpaired) electrons. The van der Waals surface area contributed by atoms with E-state index in [0.29, 0.717) is 12.1 Å². The van der Waals surface area contributed by atoms with Crippen LogP contribution in [0.5, 0.6) is 0 Å². The molecule has 0 atom stereocenters. The molecule has 0 saturated heterocycles. The number of hydrogen-bond acceptors (Lipinski definition) is 3. The molecule has 0 aliphatic carbocycles. The highest BCUT2D eigenvalue weighted by Crippen LogP contribution is 2.10. The van der Waals surface area contributed by atoms with E-state index in [1.807, 2.05) is 57.9 Å². The Morgan fingerprint density at radius 2 is 1.56 bits per heavy atom. The van der Waals surface area contributed by atoms with Crippen LogP contribution in [0.25, 0.3) is 5.69 Å². The Morgan fingerprint density at radius 1 is 0.852 bits per heavy atom. The van der Waals surface area contributed by atoms with Crippen LogP contribution in [0.1, 0.15) is 21.5 Å². The van der Waals surface area contributed by atoms with Crippen LogP contribution in [0.15, 0.2) is 86.0 Å². The SMILES string of the molecule is O=C(NCc1ccc(Cn2ccnc2)cc1)c1ccc(-n2ccnc2)cc1. The normalized spacial score (nSPS) is 10.7. The van der Waals surface area contributed by atoms with Crippen molar-refractivity contribution in [2.24, 2.45) is 0 Å². The summed E-state index contributed by atoms with van der Waals surface area (Å²) in [5.41, 5.74) is 3.86. The fourth-order valence-electron chi connectivity index (χ4n) is 2.83. The van der Waals surface area contributed by atoms with Gasteiger partial charge in [0, 0.05) is 49.1 Å². The van der Waals surface area contributed by atoms with E-state index in [1.54, 1.807) is 25.0 Å². The molecule has 1 N–H and O–H groups in total. The number of aromatic nitrogens is 4. The lowest BCUT2D eigenvalue weighted by atomic mass is 10.1. The van der Waals surface area contributed by atoms with E-state index in [2.05, 4.69) is 27.4 Å². The smallest absolute Gasteiger partial charge is 0.251 e. The summed E-state index contributed by atoms with van der Waals surface area (Å²) in [4.78, 5) is 20.4. The van der Waals surface area contributed by atoms with Gasteiger partial charge in [-0.25, -0.2) is 9.97 Å². The number of benzene rings is 2. The third kappa shape index (κ3) is 4.12. The Bertz CT molecular complexity index is 988. The van der Waals surface area contributed by atoms with Crippen LogP contribution in [0.4, 0.5) is 0 Å². The van der Waals surface area contributed by atoms with Gasteiger partial charge in [0.1, 0.15) is 0 Å². The molecule has 1 amide bonds. The van der Waals surface area contributed by atoms with E-state index in [0.717, 1.165) is 17.8 Å². The first-order valence-corrected chi connectivity index (χ1v) is 8.68. The largest absolute Gasteiger partial charge is 0.348 e. The molecular formula is C21H19N5O. The van der Waals surface area contributed by atoms with Crippen LogP contribution in [0, 0.1) is 0 Å². The van der Waals surface area contributed by atoms with Gasteiger partial charge in [-0.3, -0.25) is 4.79 Å². The maximum atomic E-state index is 12.4. The molecule has 6 heteroatoms. The molecule has 0 aliphatic heterocycles. The second kappa shape index (κ2) is 7.70. The number of amides is 1. The molecule has 6 nitrogen and oxygen atoms in total. The second-order valence-corrected chi connectivity index (χ2v) is 6.25. The van der Waals surface area contributed by atoms with E-state index in [9.17, 15) is 4.79 Å². The van der Waals surface area contributed by atoms with Crippen molar-refractivity contribution in [1.82, 2.24) is 24.4 Å². The third-order valence-corrected chi connectivity index (χ3v) is 4.33. The van der Waals surface area contributed by atoms with Crippen molar-refractivity contribution >= 4 is 5.91 Å². The zero-order chi connectivity index (χ0) is 18.5. The van der Waals surface area contributed by atoms with Gasteiger partial charge in [0.05, 0.1) is 12.7 Å². The van der Waals surface area contributed by atoms with Gasteiger partial charge in [0.2, 0.25) is 0 Å². The molecule has 2 aromatic carbocycles. The lowest BCUT2D eigenvalue weighted by Crippen LogP contribution is -2.22. The highest BCUT2D eigenvalue weighted by atomic mass is 16.1. The number of nitrogens with zero attached hydrogens (tertiary/aromatic N) is 4. The van der Waals surface area contributed by atoms with Gasteiger partial charge in [0.25, 0.3) is 5.91 Å². The number of carbonyl (C=O) groups excluding carboxylic acids is 1. The predicted octanol–water partition coefficient (Wildman–Crippen LogP) is 3.05. The van der Waals surface area contributed by atoms with Gasteiger partial charge < -0.3 is 14.5 Å². The molecule has 134 valence electrons. The van der Waals surface area contributed by atoms with Crippen LogP contribution in [-0.2, 0) is 13.1 Å².